The van der Waals surface area contributed by atoms with Gasteiger partial charge in [-0.15, -0.1) is 0 Å². The van der Waals surface area contributed by atoms with E-state index in [1.54, 1.807) is 30.6 Å². The number of benzene rings is 1. The summed E-state index contributed by atoms with van der Waals surface area (Å²) in [6.45, 7) is 1.82. The molecule has 3 rings (SSSR count). The number of aromatic nitrogens is 2. The van der Waals surface area contributed by atoms with E-state index in [9.17, 15) is 14.0 Å². The monoisotopic (exact) mass is 414 g/mol. The maximum atomic E-state index is 14.7. The predicted octanol–water partition coefficient (Wildman–Crippen LogP) is 2.32. The molecule has 0 aliphatic rings. The smallest absolute Gasteiger partial charge is 0.250 e. The van der Waals surface area contributed by atoms with E-state index in [1.165, 1.54) is 17.6 Å². The van der Waals surface area contributed by atoms with E-state index < -0.39 is 17.8 Å². The summed E-state index contributed by atoms with van der Waals surface area (Å²) < 4.78 is 18.9. The Morgan fingerprint density at radius 2 is 2.21 bits per heavy atom. The van der Waals surface area contributed by atoms with Crippen molar-refractivity contribution in [3.63, 3.8) is 0 Å². The van der Waals surface area contributed by atoms with Crippen LogP contribution >= 0.6 is 11.5 Å². The number of halogens is 1. The topological polar surface area (TPSA) is 127 Å². The van der Waals surface area contributed by atoms with Crippen molar-refractivity contribution in [3.05, 3.63) is 65.4 Å². The second-order valence-corrected chi connectivity index (χ2v) is 7.15. The lowest BCUT2D eigenvalue weighted by Crippen LogP contribution is -2.44. The largest absolute Gasteiger partial charge is 0.366 e. The highest BCUT2D eigenvalue weighted by atomic mass is 32.1. The molecule has 2 heterocycles. The molecule has 0 bridgehead atoms. The molecule has 1 atom stereocenters. The molecular formula is C19H19FN6O2S. The van der Waals surface area contributed by atoms with Crippen LogP contribution in [-0.2, 0) is 11.2 Å². The Hall–Kier alpha value is -3.37. The first-order chi connectivity index (χ1) is 13.9. The number of amides is 1. The van der Waals surface area contributed by atoms with Crippen LogP contribution in [0, 0.1) is 12.7 Å². The molecule has 5 N–H and O–H groups in total. The average Bonchev–Trinajstić information content (AvgIpc) is 3.12. The molecule has 2 aromatic heterocycles. The van der Waals surface area contributed by atoms with Crippen molar-refractivity contribution < 1.29 is 14.0 Å². The van der Waals surface area contributed by atoms with Crippen LogP contribution in [0.2, 0.25) is 0 Å². The minimum absolute atomic E-state index is 0.0411. The Morgan fingerprint density at radius 1 is 1.41 bits per heavy atom. The van der Waals surface area contributed by atoms with Crippen LogP contribution < -0.4 is 21.9 Å². The van der Waals surface area contributed by atoms with Gasteiger partial charge in [-0.2, -0.15) is 4.37 Å². The zero-order valence-electron chi connectivity index (χ0n) is 15.5. The van der Waals surface area contributed by atoms with Gasteiger partial charge in [0, 0.05) is 18.8 Å². The quantitative estimate of drug-likeness (QED) is 0.293. The number of nitrogens with zero attached hydrogens (tertiary/aromatic N) is 3. The fourth-order valence-electron chi connectivity index (χ4n) is 2.77. The van der Waals surface area contributed by atoms with Crippen LogP contribution in [0.15, 0.2) is 42.7 Å². The van der Waals surface area contributed by atoms with Gasteiger partial charge in [-0.25, -0.2) is 10.2 Å². The Bertz CT molecular complexity index is 1030. The van der Waals surface area contributed by atoms with Crippen molar-refractivity contribution in [2.75, 3.05) is 10.3 Å². The normalized spacial score (nSPS) is 11.7. The molecule has 0 aliphatic heterocycles. The molecule has 0 saturated heterocycles. The second-order valence-electron chi connectivity index (χ2n) is 6.35. The van der Waals surface area contributed by atoms with Gasteiger partial charge in [0.2, 0.25) is 0 Å². The number of anilines is 3. The van der Waals surface area contributed by atoms with Crippen LogP contribution in [-0.4, -0.2) is 27.6 Å². The van der Waals surface area contributed by atoms with E-state index >= 15 is 0 Å². The SMILES string of the molecule is Cc1cc(Nc2cc(N(N)[C@@H](C=O)Cc3cccnc3)c(F)cc2C(N)=O)sn1. The van der Waals surface area contributed by atoms with Crippen LogP contribution in [0.3, 0.4) is 0 Å². The Balaban J connectivity index is 1.95. The van der Waals surface area contributed by atoms with Gasteiger partial charge in [0.25, 0.3) is 5.91 Å². The first-order valence-electron chi connectivity index (χ1n) is 8.61. The third-order valence-corrected chi connectivity index (χ3v) is 4.99. The molecular weight excluding hydrogens is 395 g/mol. The van der Waals surface area contributed by atoms with E-state index in [0.717, 1.165) is 22.3 Å². The molecule has 0 unspecified atom stereocenters. The second kappa shape index (κ2) is 8.76. The van der Waals surface area contributed by atoms with Gasteiger partial charge in [-0.3, -0.25) is 14.8 Å². The van der Waals surface area contributed by atoms with Gasteiger partial charge in [0.15, 0.2) is 0 Å². The van der Waals surface area contributed by atoms with Crippen LogP contribution in [0.25, 0.3) is 0 Å². The Morgan fingerprint density at radius 3 is 2.79 bits per heavy atom. The minimum atomic E-state index is -0.841. The summed E-state index contributed by atoms with van der Waals surface area (Å²) >= 11 is 1.18. The van der Waals surface area contributed by atoms with Gasteiger partial charge in [-0.1, -0.05) is 6.07 Å². The summed E-state index contributed by atoms with van der Waals surface area (Å²) in [5.41, 5.74) is 7.12. The highest BCUT2D eigenvalue weighted by molar-refractivity contribution is 7.10. The molecule has 0 fully saturated rings. The lowest BCUT2D eigenvalue weighted by atomic mass is 10.1. The van der Waals surface area contributed by atoms with Crippen LogP contribution in [0.1, 0.15) is 21.6 Å². The van der Waals surface area contributed by atoms with E-state index in [1.807, 2.05) is 6.92 Å². The molecule has 0 saturated carbocycles. The number of carbonyl (C=O) groups excluding carboxylic acids is 2. The molecule has 10 heteroatoms. The van der Waals surface area contributed by atoms with Crippen molar-refractivity contribution in [1.82, 2.24) is 9.36 Å². The zero-order valence-corrected chi connectivity index (χ0v) is 16.3. The Labute approximate surface area is 170 Å². The zero-order chi connectivity index (χ0) is 21.0. The lowest BCUT2D eigenvalue weighted by molar-refractivity contribution is -0.109. The standard InChI is InChI=1S/C19H19FN6O2S/c1-11-5-18(29-25-11)24-16-8-17(15(20)7-14(16)19(21)28)26(22)13(10-27)6-12-3-2-4-23-9-12/h2-5,7-10,13,24H,6,22H2,1H3,(H2,21,28)/t13-/m1/s1. The van der Waals surface area contributed by atoms with Crippen LogP contribution in [0.4, 0.5) is 20.8 Å². The van der Waals surface area contributed by atoms with Crippen LogP contribution in [0.5, 0.6) is 0 Å². The molecule has 0 radical (unpaired) electrons. The van der Waals surface area contributed by atoms with E-state index in [4.69, 9.17) is 11.6 Å². The molecule has 1 aromatic carbocycles. The van der Waals surface area contributed by atoms with Gasteiger partial charge in [0.05, 0.1) is 22.6 Å². The molecule has 3 aromatic rings. The first kappa shape index (κ1) is 20.4. The van der Waals surface area contributed by atoms with Crippen molar-refractivity contribution >= 4 is 40.1 Å². The highest BCUT2D eigenvalue weighted by Gasteiger charge is 2.22. The number of nitrogens with one attached hydrogen (secondary N) is 1. The number of rotatable bonds is 8. The van der Waals surface area contributed by atoms with Crippen molar-refractivity contribution in [1.29, 1.82) is 0 Å². The number of pyridine rings is 1. The molecule has 29 heavy (non-hydrogen) atoms. The van der Waals surface area contributed by atoms with Gasteiger partial charge < -0.3 is 15.8 Å². The molecule has 0 spiro atoms. The number of hydrogen-bond acceptors (Lipinski definition) is 8. The number of hydrazine groups is 1. The van der Waals surface area contributed by atoms with Crippen molar-refractivity contribution in [3.8, 4) is 0 Å². The number of aryl methyl sites for hydroxylation is 1. The maximum absolute atomic E-state index is 14.7. The highest BCUT2D eigenvalue weighted by Crippen LogP contribution is 2.31. The van der Waals surface area contributed by atoms with Gasteiger partial charge in [-0.05, 0) is 48.3 Å². The van der Waals surface area contributed by atoms with Gasteiger partial charge in [0.1, 0.15) is 23.1 Å². The average molecular weight is 414 g/mol. The number of aldehydes is 1. The number of carbonyl (C=O) groups is 2. The van der Waals surface area contributed by atoms with Crippen molar-refractivity contribution in [2.24, 2.45) is 11.6 Å². The number of nitrogens with two attached hydrogens (primary N) is 2. The molecule has 150 valence electrons. The van der Waals surface area contributed by atoms with Gasteiger partial charge >= 0.3 is 0 Å². The summed E-state index contributed by atoms with van der Waals surface area (Å²) in [5, 5.41) is 4.69. The lowest BCUT2D eigenvalue weighted by Gasteiger charge is -2.26. The Kier molecular flexibility index (Phi) is 6.15. The fraction of sp³-hybridized carbons (Fsp3) is 0.158. The number of hydrogen-bond donors (Lipinski definition) is 3. The fourth-order valence-corrected chi connectivity index (χ4v) is 3.45. The maximum Gasteiger partial charge on any atom is 0.250 e. The van der Waals surface area contributed by atoms with Crippen molar-refractivity contribution in [2.45, 2.75) is 19.4 Å². The third kappa shape index (κ3) is 4.73. The van der Waals surface area contributed by atoms with E-state index in [-0.39, 0.29) is 23.4 Å². The summed E-state index contributed by atoms with van der Waals surface area (Å²) in [6, 6.07) is 6.81. The van der Waals surface area contributed by atoms with E-state index in [2.05, 4.69) is 14.7 Å². The minimum Gasteiger partial charge on any atom is -0.366 e. The summed E-state index contributed by atoms with van der Waals surface area (Å²) in [4.78, 5) is 27.4. The first-order valence-corrected chi connectivity index (χ1v) is 9.38. The molecule has 0 aliphatic carbocycles. The predicted molar refractivity (Wildman–Crippen MR) is 110 cm³/mol. The molecule has 8 nitrogen and oxygen atoms in total. The summed E-state index contributed by atoms with van der Waals surface area (Å²) in [6.07, 6.45) is 4.09. The summed E-state index contributed by atoms with van der Waals surface area (Å²) in [7, 11) is 0. The molecule has 1 amide bonds. The number of primary amides is 1. The third-order valence-electron chi connectivity index (χ3n) is 4.20. The van der Waals surface area contributed by atoms with E-state index in [0.29, 0.717) is 11.3 Å². The summed E-state index contributed by atoms with van der Waals surface area (Å²) in [5.74, 6) is 4.51.